The summed E-state index contributed by atoms with van der Waals surface area (Å²) in [5, 5.41) is 20.5. The highest BCUT2D eigenvalue weighted by atomic mass is 32.2. The average Bonchev–Trinajstić information content (AvgIpc) is 2.36. The molecule has 0 saturated carbocycles. The van der Waals surface area contributed by atoms with Crippen molar-refractivity contribution in [2.24, 2.45) is 0 Å². The highest BCUT2D eigenvalue weighted by Crippen LogP contribution is 2.22. The van der Waals surface area contributed by atoms with Crippen LogP contribution in [0.15, 0.2) is 29.2 Å². The molecule has 18 heavy (non-hydrogen) atoms. The Balaban J connectivity index is 2.89. The largest absolute Gasteiger partial charge is 0.394 e. The third kappa shape index (κ3) is 4.06. The Morgan fingerprint density at radius 1 is 1.50 bits per heavy atom. The molecule has 1 aromatic rings. The van der Waals surface area contributed by atoms with E-state index in [-0.39, 0.29) is 12.5 Å². The number of carbonyl (C=O) groups excluding carboxylic acids is 1. The number of aliphatic hydroxyl groups excluding tert-OH is 1. The maximum absolute atomic E-state index is 12.1. The number of nitriles is 1. The SMILES string of the molecule is CC(C)(CO)NC(=O)c1ccccc1SCC#N. The molecule has 2 N–H and O–H groups in total. The van der Waals surface area contributed by atoms with Crippen LogP contribution in [0, 0.1) is 11.3 Å². The van der Waals surface area contributed by atoms with Gasteiger partial charge in [0, 0.05) is 4.90 Å². The van der Waals surface area contributed by atoms with E-state index in [4.69, 9.17) is 10.4 Å². The van der Waals surface area contributed by atoms with Crippen molar-refractivity contribution < 1.29 is 9.90 Å². The number of nitrogens with one attached hydrogen (secondary N) is 1. The quantitative estimate of drug-likeness (QED) is 0.795. The summed E-state index contributed by atoms with van der Waals surface area (Å²) in [4.78, 5) is 12.9. The van der Waals surface area contributed by atoms with Crippen LogP contribution in [0.1, 0.15) is 24.2 Å². The minimum absolute atomic E-state index is 0.133. The molecule has 0 spiro atoms. The fraction of sp³-hybridized carbons (Fsp3) is 0.385. The molecule has 0 aliphatic rings. The number of carbonyl (C=O) groups is 1. The minimum Gasteiger partial charge on any atom is -0.394 e. The topological polar surface area (TPSA) is 73.1 Å². The van der Waals surface area contributed by atoms with Gasteiger partial charge in [0.05, 0.1) is 29.5 Å². The second kappa shape index (κ2) is 6.43. The van der Waals surface area contributed by atoms with Crippen LogP contribution in [-0.4, -0.2) is 28.9 Å². The Morgan fingerprint density at radius 2 is 2.17 bits per heavy atom. The maximum Gasteiger partial charge on any atom is 0.252 e. The van der Waals surface area contributed by atoms with Crippen molar-refractivity contribution in [3.8, 4) is 6.07 Å². The van der Waals surface area contributed by atoms with Crippen molar-refractivity contribution in [2.75, 3.05) is 12.4 Å². The van der Waals surface area contributed by atoms with Crippen molar-refractivity contribution >= 4 is 17.7 Å². The number of rotatable bonds is 5. The molecule has 0 fully saturated rings. The molecule has 0 radical (unpaired) electrons. The predicted molar refractivity (Wildman–Crippen MR) is 71.4 cm³/mol. The van der Waals surface area contributed by atoms with Gasteiger partial charge in [-0.15, -0.1) is 11.8 Å². The summed E-state index contributed by atoms with van der Waals surface area (Å²) in [5.74, 6) is 0.0586. The number of benzene rings is 1. The Bertz CT molecular complexity index is 466. The van der Waals surface area contributed by atoms with E-state index in [1.54, 1.807) is 26.0 Å². The average molecular weight is 264 g/mol. The molecule has 0 aromatic heterocycles. The first-order valence-corrected chi connectivity index (χ1v) is 6.51. The van der Waals surface area contributed by atoms with Crippen molar-refractivity contribution in [1.29, 1.82) is 5.26 Å². The van der Waals surface area contributed by atoms with E-state index in [2.05, 4.69) is 5.32 Å². The van der Waals surface area contributed by atoms with Gasteiger partial charge in [0.2, 0.25) is 0 Å². The lowest BCUT2D eigenvalue weighted by molar-refractivity contribution is 0.0866. The first-order chi connectivity index (χ1) is 8.50. The molecule has 0 unspecified atom stereocenters. The van der Waals surface area contributed by atoms with Crippen LogP contribution in [0.4, 0.5) is 0 Å². The lowest BCUT2D eigenvalue weighted by atomic mass is 10.1. The number of thioether (sulfide) groups is 1. The molecule has 4 nitrogen and oxygen atoms in total. The summed E-state index contributed by atoms with van der Waals surface area (Å²) < 4.78 is 0. The smallest absolute Gasteiger partial charge is 0.252 e. The van der Waals surface area contributed by atoms with Gasteiger partial charge in [-0.05, 0) is 26.0 Å². The van der Waals surface area contributed by atoms with Gasteiger partial charge < -0.3 is 10.4 Å². The van der Waals surface area contributed by atoms with Crippen LogP contribution in [-0.2, 0) is 0 Å². The molecule has 0 bridgehead atoms. The third-order valence-electron chi connectivity index (χ3n) is 2.27. The Morgan fingerprint density at radius 3 is 2.78 bits per heavy atom. The van der Waals surface area contributed by atoms with Crippen molar-refractivity contribution in [3.63, 3.8) is 0 Å². The zero-order chi connectivity index (χ0) is 13.6. The lowest BCUT2D eigenvalue weighted by Crippen LogP contribution is -2.46. The van der Waals surface area contributed by atoms with E-state index >= 15 is 0 Å². The molecule has 0 aliphatic heterocycles. The zero-order valence-corrected chi connectivity index (χ0v) is 11.3. The Labute approximate surface area is 111 Å². The summed E-state index contributed by atoms with van der Waals surface area (Å²) in [7, 11) is 0. The number of hydrogen-bond acceptors (Lipinski definition) is 4. The Hall–Kier alpha value is -1.51. The summed E-state index contributed by atoms with van der Waals surface area (Å²) >= 11 is 1.32. The molecule has 96 valence electrons. The van der Waals surface area contributed by atoms with Crippen molar-refractivity contribution in [1.82, 2.24) is 5.32 Å². The van der Waals surface area contributed by atoms with Gasteiger partial charge in [0.25, 0.3) is 5.91 Å². The Kier molecular flexibility index (Phi) is 5.20. The fourth-order valence-corrected chi connectivity index (χ4v) is 2.02. The number of amides is 1. The van der Waals surface area contributed by atoms with Crippen LogP contribution < -0.4 is 5.32 Å². The van der Waals surface area contributed by atoms with Gasteiger partial charge in [-0.2, -0.15) is 5.26 Å². The normalized spacial score (nSPS) is 10.8. The highest BCUT2D eigenvalue weighted by molar-refractivity contribution is 7.99. The molecule has 0 saturated heterocycles. The highest BCUT2D eigenvalue weighted by Gasteiger charge is 2.21. The van der Waals surface area contributed by atoms with E-state index < -0.39 is 5.54 Å². The molecule has 1 rings (SSSR count). The summed E-state index contributed by atoms with van der Waals surface area (Å²) in [6, 6.07) is 9.15. The van der Waals surface area contributed by atoms with Crippen LogP contribution in [0.5, 0.6) is 0 Å². The number of nitrogens with zero attached hydrogens (tertiary/aromatic N) is 1. The van der Waals surface area contributed by atoms with Gasteiger partial charge in [-0.3, -0.25) is 4.79 Å². The molecular formula is C13H16N2O2S. The number of aliphatic hydroxyl groups is 1. The lowest BCUT2D eigenvalue weighted by Gasteiger charge is -2.24. The fourth-order valence-electron chi connectivity index (χ4n) is 1.30. The summed E-state index contributed by atoms with van der Waals surface area (Å²) in [5.41, 5.74) is -0.136. The van der Waals surface area contributed by atoms with E-state index in [0.717, 1.165) is 4.90 Å². The van der Waals surface area contributed by atoms with E-state index in [9.17, 15) is 4.79 Å². The molecule has 1 amide bonds. The van der Waals surface area contributed by atoms with Gasteiger partial charge in [-0.25, -0.2) is 0 Å². The van der Waals surface area contributed by atoms with Crippen LogP contribution in [0.25, 0.3) is 0 Å². The van der Waals surface area contributed by atoms with Gasteiger partial charge in [0.1, 0.15) is 0 Å². The van der Waals surface area contributed by atoms with Crippen molar-refractivity contribution in [2.45, 2.75) is 24.3 Å². The summed E-state index contributed by atoms with van der Waals surface area (Å²) in [6.45, 7) is 3.36. The van der Waals surface area contributed by atoms with Gasteiger partial charge in [0.15, 0.2) is 0 Å². The molecular weight excluding hydrogens is 248 g/mol. The first-order valence-electron chi connectivity index (χ1n) is 5.52. The number of hydrogen-bond donors (Lipinski definition) is 2. The van der Waals surface area contributed by atoms with Gasteiger partial charge >= 0.3 is 0 Å². The predicted octanol–water partition coefficient (Wildman–Crippen LogP) is 1.80. The van der Waals surface area contributed by atoms with Crippen LogP contribution >= 0.6 is 11.8 Å². The molecule has 0 atom stereocenters. The monoisotopic (exact) mass is 264 g/mol. The summed E-state index contributed by atoms with van der Waals surface area (Å²) in [6.07, 6.45) is 0. The van der Waals surface area contributed by atoms with Crippen LogP contribution in [0.2, 0.25) is 0 Å². The molecule has 5 heteroatoms. The van der Waals surface area contributed by atoms with Crippen LogP contribution in [0.3, 0.4) is 0 Å². The molecule has 1 aromatic carbocycles. The minimum atomic E-state index is -0.663. The maximum atomic E-state index is 12.1. The van der Waals surface area contributed by atoms with Gasteiger partial charge in [-0.1, -0.05) is 12.1 Å². The van der Waals surface area contributed by atoms with Crippen molar-refractivity contribution in [3.05, 3.63) is 29.8 Å². The zero-order valence-electron chi connectivity index (χ0n) is 10.4. The first kappa shape index (κ1) is 14.6. The van der Waals surface area contributed by atoms with E-state index in [0.29, 0.717) is 11.3 Å². The van der Waals surface area contributed by atoms with E-state index in [1.165, 1.54) is 11.8 Å². The van der Waals surface area contributed by atoms with E-state index in [1.807, 2.05) is 18.2 Å². The standard InChI is InChI=1S/C13H16N2O2S/c1-13(2,9-16)15-12(17)10-5-3-4-6-11(10)18-8-7-14/h3-6,16H,8-9H2,1-2H3,(H,15,17). The third-order valence-corrected chi connectivity index (χ3v) is 3.21. The second-order valence-corrected chi connectivity index (χ2v) is 5.46. The molecule has 0 aliphatic carbocycles. The second-order valence-electron chi connectivity index (χ2n) is 4.44. The molecule has 0 heterocycles.